The Hall–Kier alpha value is -3.67. The molecule has 0 atom stereocenters. The molecule has 0 unspecified atom stereocenters. The molecule has 136 valence electrons. The van der Waals surface area contributed by atoms with E-state index in [-0.39, 0.29) is 6.61 Å². The van der Waals surface area contributed by atoms with Crippen molar-refractivity contribution in [1.29, 1.82) is 0 Å². The van der Waals surface area contributed by atoms with Crippen LogP contribution in [0.25, 0.3) is 10.8 Å². The third-order valence-electron chi connectivity index (χ3n) is 3.75. The van der Waals surface area contributed by atoms with E-state index in [1.807, 2.05) is 36.4 Å². The maximum absolute atomic E-state index is 11.8. The molecule has 3 aromatic rings. The predicted octanol–water partition coefficient (Wildman–Crippen LogP) is 2.72. The molecule has 3 aromatic carbocycles. The Morgan fingerprint density at radius 3 is 2.30 bits per heavy atom. The van der Waals surface area contributed by atoms with E-state index in [0.29, 0.717) is 11.3 Å². The van der Waals surface area contributed by atoms with Crippen LogP contribution in [0, 0.1) is 0 Å². The largest absolute Gasteiger partial charge is 0.481 e. The normalized spacial score (nSPS) is 10.2. The Kier molecular flexibility index (Phi) is 5.79. The van der Waals surface area contributed by atoms with Gasteiger partial charge in [-0.3, -0.25) is 14.9 Å². The lowest BCUT2D eigenvalue weighted by atomic mass is 10.1. The van der Waals surface area contributed by atoms with Crippen molar-refractivity contribution in [2.75, 3.05) is 13.2 Å². The number of carbonyl (C=O) groups is 3. The van der Waals surface area contributed by atoms with Gasteiger partial charge in [-0.2, -0.15) is 0 Å². The van der Waals surface area contributed by atoms with Gasteiger partial charge in [0.05, 0.1) is 0 Å². The average molecular weight is 363 g/mol. The second-order valence-electron chi connectivity index (χ2n) is 5.67. The molecule has 0 spiro atoms. The highest BCUT2D eigenvalue weighted by molar-refractivity contribution is 6.05. The quantitative estimate of drug-likeness (QED) is 0.681. The van der Waals surface area contributed by atoms with Crippen LogP contribution in [-0.4, -0.2) is 31.0 Å². The first-order chi connectivity index (χ1) is 13.1. The molecule has 0 bridgehead atoms. The fraction of sp³-hybridized carbons (Fsp3) is 0.0952. The van der Waals surface area contributed by atoms with Crippen molar-refractivity contribution in [2.45, 2.75) is 0 Å². The van der Waals surface area contributed by atoms with Gasteiger partial charge in [-0.05, 0) is 23.6 Å². The predicted molar refractivity (Wildman–Crippen MR) is 99.3 cm³/mol. The maximum atomic E-state index is 11.8. The Labute approximate surface area is 155 Å². The number of benzene rings is 3. The van der Waals surface area contributed by atoms with E-state index < -0.39 is 24.4 Å². The molecule has 0 fully saturated rings. The van der Waals surface area contributed by atoms with Crippen molar-refractivity contribution >= 4 is 28.6 Å². The zero-order valence-electron chi connectivity index (χ0n) is 14.4. The second-order valence-corrected chi connectivity index (χ2v) is 5.67. The number of nitrogens with one attached hydrogen (secondary N) is 1. The Bertz CT molecular complexity index is 963. The summed E-state index contributed by atoms with van der Waals surface area (Å²) in [6.45, 7) is -0.899. The van der Waals surface area contributed by atoms with Gasteiger partial charge in [-0.15, -0.1) is 0 Å². The van der Waals surface area contributed by atoms with Crippen molar-refractivity contribution < 1.29 is 23.9 Å². The molecular weight excluding hydrogens is 346 g/mol. The number of hydrogen-bond donors (Lipinski definition) is 1. The Morgan fingerprint density at radius 2 is 1.48 bits per heavy atom. The number of carbonyl (C=O) groups excluding carboxylic acids is 3. The molecular formula is C21H17NO5. The first-order valence-electron chi connectivity index (χ1n) is 8.29. The van der Waals surface area contributed by atoms with Gasteiger partial charge in [0.15, 0.2) is 13.2 Å². The zero-order chi connectivity index (χ0) is 19.1. The van der Waals surface area contributed by atoms with Crippen molar-refractivity contribution in [1.82, 2.24) is 5.32 Å². The molecule has 0 aromatic heterocycles. The van der Waals surface area contributed by atoms with Crippen LogP contribution < -0.4 is 10.1 Å². The van der Waals surface area contributed by atoms with Crippen LogP contribution in [0.15, 0.2) is 72.8 Å². The third kappa shape index (κ3) is 4.92. The Morgan fingerprint density at radius 1 is 0.778 bits per heavy atom. The van der Waals surface area contributed by atoms with Crippen LogP contribution in [0.5, 0.6) is 5.75 Å². The third-order valence-corrected chi connectivity index (χ3v) is 3.75. The molecule has 0 aliphatic carbocycles. The van der Waals surface area contributed by atoms with Gasteiger partial charge in [0, 0.05) is 10.9 Å². The highest BCUT2D eigenvalue weighted by Gasteiger charge is 2.13. The summed E-state index contributed by atoms with van der Waals surface area (Å²) in [4.78, 5) is 35.4. The topological polar surface area (TPSA) is 81.7 Å². The van der Waals surface area contributed by atoms with Gasteiger partial charge in [-0.25, -0.2) is 4.79 Å². The van der Waals surface area contributed by atoms with E-state index in [9.17, 15) is 14.4 Å². The van der Waals surface area contributed by atoms with E-state index in [1.165, 1.54) is 0 Å². The first-order valence-corrected chi connectivity index (χ1v) is 8.29. The molecule has 0 aliphatic rings. The van der Waals surface area contributed by atoms with Crippen molar-refractivity contribution in [3.8, 4) is 5.75 Å². The lowest BCUT2D eigenvalue weighted by molar-refractivity contribution is -0.150. The van der Waals surface area contributed by atoms with Crippen LogP contribution in [0.2, 0.25) is 0 Å². The van der Waals surface area contributed by atoms with E-state index in [4.69, 9.17) is 9.47 Å². The van der Waals surface area contributed by atoms with Crippen LogP contribution in [-0.2, 0) is 14.3 Å². The summed E-state index contributed by atoms with van der Waals surface area (Å²) in [5.41, 5.74) is 0.344. The standard InChI is InChI=1S/C21H17NO5/c23-19(22-21(25)16-8-2-1-3-9-16)13-27-20(24)14-26-18-12-6-10-15-7-4-5-11-17(15)18/h1-12H,13-14H2,(H,22,23,25). The van der Waals surface area contributed by atoms with Crippen LogP contribution in [0.1, 0.15) is 10.4 Å². The van der Waals surface area contributed by atoms with Crippen molar-refractivity contribution in [2.24, 2.45) is 0 Å². The van der Waals surface area contributed by atoms with Crippen LogP contribution in [0.3, 0.4) is 0 Å². The molecule has 1 N–H and O–H groups in total. The number of fused-ring (bicyclic) bond motifs is 1. The molecule has 0 radical (unpaired) electrons. The number of esters is 1. The number of hydrogen-bond acceptors (Lipinski definition) is 5. The molecule has 0 heterocycles. The van der Waals surface area contributed by atoms with Gasteiger partial charge in [-0.1, -0.05) is 54.6 Å². The van der Waals surface area contributed by atoms with Crippen molar-refractivity contribution in [3.05, 3.63) is 78.4 Å². The second kappa shape index (κ2) is 8.62. The van der Waals surface area contributed by atoms with Gasteiger partial charge < -0.3 is 9.47 Å². The van der Waals surface area contributed by atoms with E-state index in [0.717, 1.165) is 10.8 Å². The molecule has 2 amide bonds. The molecule has 6 nitrogen and oxygen atoms in total. The molecule has 0 saturated heterocycles. The van der Waals surface area contributed by atoms with Gasteiger partial charge in [0.25, 0.3) is 11.8 Å². The number of ether oxygens (including phenoxy) is 2. The summed E-state index contributed by atoms with van der Waals surface area (Å²) in [7, 11) is 0. The van der Waals surface area contributed by atoms with Gasteiger partial charge in [0.2, 0.25) is 0 Å². The van der Waals surface area contributed by atoms with E-state index in [1.54, 1.807) is 36.4 Å². The maximum Gasteiger partial charge on any atom is 0.344 e. The molecule has 3 rings (SSSR count). The van der Waals surface area contributed by atoms with Gasteiger partial charge in [0.1, 0.15) is 5.75 Å². The molecule has 27 heavy (non-hydrogen) atoms. The summed E-state index contributed by atoms with van der Waals surface area (Å²) in [5.74, 6) is -1.41. The first kappa shape index (κ1) is 18.1. The smallest absolute Gasteiger partial charge is 0.344 e. The Balaban J connectivity index is 1.47. The SMILES string of the molecule is O=C(COC(=O)COc1cccc2ccccc12)NC(=O)c1ccccc1. The van der Waals surface area contributed by atoms with E-state index in [2.05, 4.69) is 5.32 Å². The number of amides is 2. The van der Waals surface area contributed by atoms with Crippen LogP contribution >= 0.6 is 0 Å². The summed E-state index contributed by atoms with van der Waals surface area (Å²) >= 11 is 0. The molecule has 0 saturated carbocycles. The minimum atomic E-state index is -0.706. The molecule has 0 aliphatic heterocycles. The fourth-order valence-electron chi connectivity index (χ4n) is 2.47. The molecule has 6 heteroatoms. The lowest BCUT2D eigenvalue weighted by Crippen LogP contribution is -2.34. The minimum absolute atomic E-state index is 0.339. The fourth-order valence-corrected chi connectivity index (χ4v) is 2.47. The average Bonchev–Trinajstić information content (AvgIpc) is 2.71. The summed E-state index contributed by atoms with van der Waals surface area (Å²) in [6.07, 6.45) is 0. The monoisotopic (exact) mass is 363 g/mol. The number of rotatable bonds is 6. The highest BCUT2D eigenvalue weighted by atomic mass is 16.6. The summed E-state index contributed by atoms with van der Waals surface area (Å²) in [6, 6.07) is 21.4. The zero-order valence-corrected chi connectivity index (χ0v) is 14.4. The van der Waals surface area contributed by atoms with Crippen molar-refractivity contribution in [3.63, 3.8) is 0 Å². The number of imide groups is 1. The summed E-state index contributed by atoms with van der Waals surface area (Å²) < 4.78 is 10.3. The summed E-state index contributed by atoms with van der Waals surface area (Å²) in [5, 5.41) is 4.02. The van der Waals surface area contributed by atoms with E-state index >= 15 is 0 Å². The highest BCUT2D eigenvalue weighted by Crippen LogP contribution is 2.24. The van der Waals surface area contributed by atoms with Crippen LogP contribution in [0.4, 0.5) is 0 Å². The lowest BCUT2D eigenvalue weighted by Gasteiger charge is -2.09. The van der Waals surface area contributed by atoms with Gasteiger partial charge >= 0.3 is 5.97 Å². The minimum Gasteiger partial charge on any atom is -0.481 e.